The smallest absolute Gasteiger partial charge is 0.389 e. The molecular formula is C19H24F3N5O3S. The average molecular weight is 459 g/mol. The Balaban J connectivity index is 2.57. The summed E-state index contributed by atoms with van der Waals surface area (Å²) < 4.78 is 41.4. The second-order valence-electron chi connectivity index (χ2n) is 8.54. The summed E-state index contributed by atoms with van der Waals surface area (Å²) in [6, 6.07) is 0.832. The minimum atomic E-state index is -4.77. The fourth-order valence-corrected chi connectivity index (χ4v) is 3.47. The lowest BCUT2D eigenvalue weighted by Crippen LogP contribution is -2.38. The fourth-order valence-electron chi connectivity index (χ4n) is 2.46. The Bertz CT molecular complexity index is 991. The van der Waals surface area contributed by atoms with E-state index in [0.717, 1.165) is 12.3 Å². The molecule has 0 spiro atoms. The van der Waals surface area contributed by atoms with Gasteiger partial charge in [0.25, 0.3) is 11.8 Å². The van der Waals surface area contributed by atoms with Crippen LogP contribution in [-0.2, 0) is 6.18 Å². The van der Waals surface area contributed by atoms with Gasteiger partial charge in [0, 0.05) is 23.8 Å². The molecule has 5 N–H and O–H groups in total. The van der Waals surface area contributed by atoms with Crippen LogP contribution in [0.25, 0.3) is 10.4 Å². The second kappa shape index (κ2) is 8.42. The number of thiazole rings is 1. The van der Waals surface area contributed by atoms with Crippen molar-refractivity contribution in [3.63, 3.8) is 0 Å². The van der Waals surface area contributed by atoms with Crippen LogP contribution in [0.15, 0.2) is 12.3 Å². The zero-order chi connectivity index (χ0) is 23.8. The molecule has 2 aromatic heterocycles. The first kappa shape index (κ1) is 24.5. The van der Waals surface area contributed by atoms with Crippen LogP contribution in [-0.4, -0.2) is 44.6 Å². The maximum Gasteiger partial charge on any atom is 0.417 e. The van der Waals surface area contributed by atoms with Gasteiger partial charge in [-0.25, -0.2) is 9.97 Å². The fraction of sp³-hybridized carbons (Fsp3) is 0.474. The maximum absolute atomic E-state index is 13.8. The molecular weight excluding hydrogens is 435 g/mol. The van der Waals surface area contributed by atoms with Crippen molar-refractivity contribution < 1.29 is 27.9 Å². The number of amides is 2. The first-order valence-electron chi connectivity index (χ1n) is 9.15. The zero-order valence-corrected chi connectivity index (χ0v) is 18.5. The molecule has 31 heavy (non-hydrogen) atoms. The Hall–Kier alpha value is -2.73. The molecule has 0 bridgehead atoms. The van der Waals surface area contributed by atoms with E-state index in [1.54, 1.807) is 20.8 Å². The molecule has 12 heteroatoms. The molecule has 2 amide bonds. The summed E-state index contributed by atoms with van der Waals surface area (Å²) in [6.45, 7) is 8.09. The summed E-state index contributed by atoms with van der Waals surface area (Å²) in [5, 5.41) is 14.7. The van der Waals surface area contributed by atoms with Crippen LogP contribution >= 0.6 is 11.3 Å². The Morgan fingerprint density at radius 2 is 1.81 bits per heavy atom. The third-order valence-corrected chi connectivity index (χ3v) is 4.78. The number of primary amides is 1. The molecule has 0 unspecified atom stereocenters. The molecule has 0 aromatic carbocycles. The monoisotopic (exact) mass is 459 g/mol. The standard InChI is InChI=1S/C19H24F3N5O3S/c1-17(2,3)27-11-6-10(19(20,21)22)9(7-24-11)13-12(14(23)28)26-16(31-13)15(29)25-8-18(4,5)30/h6-7,30H,8H2,1-5H3,(H2,23,28)(H,24,27)(H,25,29). The van der Waals surface area contributed by atoms with Crippen LogP contribution in [0.2, 0.25) is 0 Å². The quantitative estimate of drug-likeness (QED) is 0.525. The number of pyridine rings is 1. The van der Waals surface area contributed by atoms with Crippen molar-refractivity contribution in [2.45, 2.75) is 51.9 Å². The number of nitrogens with two attached hydrogens (primary N) is 1. The van der Waals surface area contributed by atoms with E-state index in [0.29, 0.717) is 11.3 Å². The molecule has 0 atom stereocenters. The number of nitrogens with one attached hydrogen (secondary N) is 2. The van der Waals surface area contributed by atoms with Gasteiger partial charge in [-0.05, 0) is 40.7 Å². The van der Waals surface area contributed by atoms with Crippen molar-refractivity contribution in [2.24, 2.45) is 5.73 Å². The summed E-state index contributed by atoms with van der Waals surface area (Å²) in [6.07, 6.45) is -3.80. The van der Waals surface area contributed by atoms with Crippen molar-refractivity contribution in [1.82, 2.24) is 15.3 Å². The summed E-state index contributed by atoms with van der Waals surface area (Å²) in [7, 11) is 0. The largest absolute Gasteiger partial charge is 0.417 e. The van der Waals surface area contributed by atoms with E-state index in [4.69, 9.17) is 5.73 Å². The number of nitrogens with zero attached hydrogens (tertiary/aromatic N) is 2. The highest BCUT2D eigenvalue weighted by Gasteiger charge is 2.37. The topological polar surface area (TPSA) is 130 Å². The van der Waals surface area contributed by atoms with Crippen LogP contribution in [0.1, 0.15) is 60.5 Å². The van der Waals surface area contributed by atoms with Crippen molar-refractivity contribution in [3.8, 4) is 10.4 Å². The van der Waals surface area contributed by atoms with Gasteiger partial charge in [0.15, 0.2) is 5.01 Å². The van der Waals surface area contributed by atoms with Gasteiger partial charge in [-0.15, -0.1) is 11.3 Å². The number of hydrogen-bond acceptors (Lipinski definition) is 7. The van der Waals surface area contributed by atoms with Gasteiger partial charge in [0.1, 0.15) is 11.5 Å². The molecule has 0 aliphatic heterocycles. The lowest BCUT2D eigenvalue weighted by molar-refractivity contribution is -0.137. The molecule has 0 fully saturated rings. The highest BCUT2D eigenvalue weighted by Crippen LogP contribution is 2.41. The lowest BCUT2D eigenvalue weighted by atomic mass is 10.1. The number of halogens is 3. The highest BCUT2D eigenvalue weighted by atomic mass is 32.1. The van der Waals surface area contributed by atoms with Gasteiger partial charge in [-0.1, -0.05) is 0 Å². The molecule has 0 radical (unpaired) electrons. The molecule has 8 nitrogen and oxygen atoms in total. The van der Waals surface area contributed by atoms with Crippen molar-refractivity contribution in [3.05, 3.63) is 28.5 Å². The third-order valence-electron chi connectivity index (χ3n) is 3.69. The molecule has 0 saturated carbocycles. The van der Waals surface area contributed by atoms with E-state index < -0.39 is 46.0 Å². The number of carbonyl (C=O) groups is 2. The average Bonchev–Trinajstić information content (AvgIpc) is 3.02. The van der Waals surface area contributed by atoms with E-state index in [9.17, 15) is 27.9 Å². The minimum absolute atomic E-state index is 0.00291. The summed E-state index contributed by atoms with van der Waals surface area (Å²) in [5.74, 6) is -1.84. The van der Waals surface area contributed by atoms with E-state index in [1.165, 1.54) is 13.8 Å². The molecule has 2 heterocycles. The highest BCUT2D eigenvalue weighted by molar-refractivity contribution is 7.17. The number of hydrogen-bond donors (Lipinski definition) is 4. The van der Waals surface area contributed by atoms with Gasteiger partial charge in [0.05, 0.1) is 16.0 Å². The van der Waals surface area contributed by atoms with Crippen LogP contribution < -0.4 is 16.4 Å². The molecule has 0 aliphatic rings. The number of aliphatic hydroxyl groups is 1. The SMILES string of the molecule is CC(C)(O)CNC(=O)c1nc(C(N)=O)c(-c2cnc(NC(C)(C)C)cc2C(F)(F)F)s1. The first-order chi connectivity index (χ1) is 14.0. The maximum atomic E-state index is 13.8. The van der Waals surface area contributed by atoms with Gasteiger partial charge in [0.2, 0.25) is 0 Å². The Labute approximate surface area is 181 Å². The molecule has 2 aromatic rings. The van der Waals surface area contributed by atoms with E-state index in [-0.39, 0.29) is 22.2 Å². The number of carbonyl (C=O) groups excluding carboxylic acids is 2. The minimum Gasteiger partial charge on any atom is -0.389 e. The first-order valence-corrected chi connectivity index (χ1v) is 9.96. The number of anilines is 1. The van der Waals surface area contributed by atoms with Gasteiger partial charge in [-0.3, -0.25) is 9.59 Å². The summed E-state index contributed by atoms with van der Waals surface area (Å²) in [4.78, 5) is 31.8. The number of rotatable bonds is 6. The molecule has 0 aliphatic carbocycles. The van der Waals surface area contributed by atoms with Crippen LogP contribution in [0, 0.1) is 0 Å². The predicted octanol–water partition coefficient (Wildman–Crippen LogP) is 3.03. The van der Waals surface area contributed by atoms with E-state index in [1.807, 2.05) is 0 Å². The van der Waals surface area contributed by atoms with E-state index >= 15 is 0 Å². The van der Waals surface area contributed by atoms with Gasteiger partial charge < -0.3 is 21.5 Å². The normalized spacial score (nSPS) is 12.5. The third kappa shape index (κ3) is 6.62. The van der Waals surface area contributed by atoms with Crippen molar-refractivity contribution >= 4 is 29.0 Å². The molecule has 170 valence electrons. The Morgan fingerprint density at radius 1 is 1.19 bits per heavy atom. The van der Waals surface area contributed by atoms with Crippen LogP contribution in [0.3, 0.4) is 0 Å². The summed E-state index contributed by atoms with van der Waals surface area (Å²) in [5.41, 5.74) is 1.61. The van der Waals surface area contributed by atoms with Crippen molar-refractivity contribution in [2.75, 3.05) is 11.9 Å². The number of aromatic nitrogens is 2. The summed E-state index contributed by atoms with van der Waals surface area (Å²) >= 11 is 0.583. The molecule has 2 rings (SSSR count). The van der Waals surface area contributed by atoms with Gasteiger partial charge >= 0.3 is 6.18 Å². The number of alkyl halides is 3. The van der Waals surface area contributed by atoms with Crippen LogP contribution in [0.4, 0.5) is 19.0 Å². The molecule has 0 saturated heterocycles. The Morgan fingerprint density at radius 3 is 2.29 bits per heavy atom. The Kier molecular flexibility index (Phi) is 6.67. The van der Waals surface area contributed by atoms with Crippen LogP contribution in [0.5, 0.6) is 0 Å². The lowest BCUT2D eigenvalue weighted by Gasteiger charge is -2.22. The second-order valence-corrected chi connectivity index (χ2v) is 9.54. The van der Waals surface area contributed by atoms with Crippen molar-refractivity contribution in [1.29, 1.82) is 0 Å². The van der Waals surface area contributed by atoms with E-state index in [2.05, 4.69) is 20.6 Å². The zero-order valence-electron chi connectivity index (χ0n) is 17.6. The van der Waals surface area contributed by atoms with Gasteiger partial charge in [-0.2, -0.15) is 13.2 Å². The predicted molar refractivity (Wildman–Crippen MR) is 111 cm³/mol.